The van der Waals surface area contributed by atoms with Crippen LogP contribution in [-0.4, -0.2) is 36.1 Å². The van der Waals surface area contributed by atoms with E-state index in [1.807, 2.05) is 6.92 Å². The van der Waals surface area contributed by atoms with Gasteiger partial charge in [0.05, 0.1) is 18.6 Å². The van der Waals surface area contributed by atoms with Crippen molar-refractivity contribution in [2.75, 3.05) is 18.1 Å². The zero-order valence-corrected chi connectivity index (χ0v) is 12.2. The molecular formula is C15H19NO5. The summed E-state index contributed by atoms with van der Waals surface area (Å²) >= 11 is 0. The second-order valence-corrected chi connectivity index (χ2v) is 4.50. The van der Waals surface area contributed by atoms with Crippen LogP contribution in [0.1, 0.15) is 37.0 Å². The minimum absolute atomic E-state index is 0.0537. The third-order valence-corrected chi connectivity index (χ3v) is 2.76. The molecule has 0 aliphatic rings. The molecule has 1 aromatic carbocycles. The van der Waals surface area contributed by atoms with Gasteiger partial charge in [0.1, 0.15) is 0 Å². The molecule has 0 heterocycles. The average Bonchev–Trinajstić information content (AvgIpc) is 2.44. The largest absolute Gasteiger partial charge is 0.481 e. The second-order valence-electron chi connectivity index (χ2n) is 4.50. The number of carboxylic acids is 1. The van der Waals surface area contributed by atoms with Gasteiger partial charge in [-0.2, -0.15) is 0 Å². The molecule has 0 aliphatic heterocycles. The average molecular weight is 293 g/mol. The zero-order chi connectivity index (χ0) is 15.8. The van der Waals surface area contributed by atoms with E-state index in [9.17, 15) is 14.4 Å². The molecule has 114 valence electrons. The second kappa shape index (κ2) is 8.04. The van der Waals surface area contributed by atoms with E-state index in [-0.39, 0.29) is 18.9 Å². The fraction of sp³-hybridized carbons (Fsp3) is 0.400. The number of hydrogen-bond donors (Lipinski definition) is 1. The lowest BCUT2D eigenvalue weighted by molar-refractivity contribution is -0.136. The van der Waals surface area contributed by atoms with Gasteiger partial charge in [0, 0.05) is 19.2 Å². The van der Waals surface area contributed by atoms with Crippen LogP contribution >= 0.6 is 0 Å². The maximum atomic E-state index is 11.8. The summed E-state index contributed by atoms with van der Waals surface area (Å²) < 4.78 is 5.03. The van der Waals surface area contributed by atoms with Gasteiger partial charge >= 0.3 is 11.9 Å². The molecule has 0 radical (unpaired) electrons. The molecular weight excluding hydrogens is 274 g/mol. The topological polar surface area (TPSA) is 83.9 Å². The summed E-state index contributed by atoms with van der Waals surface area (Å²) in [4.78, 5) is 35.4. The first-order chi connectivity index (χ1) is 9.95. The minimum atomic E-state index is -0.986. The number of aliphatic carboxylic acids is 1. The van der Waals surface area contributed by atoms with Crippen molar-refractivity contribution in [1.29, 1.82) is 0 Å². The highest BCUT2D eigenvalue weighted by Crippen LogP contribution is 2.18. The van der Waals surface area contributed by atoms with Crippen LogP contribution in [0.25, 0.3) is 0 Å². The lowest BCUT2D eigenvalue weighted by Gasteiger charge is -2.20. The summed E-state index contributed by atoms with van der Waals surface area (Å²) in [5, 5.41) is 8.72. The van der Waals surface area contributed by atoms with Crippen molar-refractivity contribution in [3.63, 3.8) is 0 Å². The van der Waals surface area contributed by atoms with E-state index in [4.69, 9.17) is 9.84 Å². The van der Waals surface area contributed by atoms with E-state index in [2.05, 4.69) is 0 Å². The van der Waals surface area contributed by atoms with Gasteiger partial charge in [0.2, 0.25) is 5.91 Å². The van der Waals surface area contributed by atoms with Crippen molar-refractivity contribution in [3.05, 3.63) is 29.8 Å². The Kier molecular flexibility index (Phi) is 6.39. The number of carbonyl (C=O) groups excluding carboxylic acids is 2. The van der Waals surface area contributed by atoms with Gasteiger partial charge in [-0.25, -0.2) is 4.79 Å². The molecule has 0 aromatic heterocycles. The van der Waals surface area contributed by atoms with Crippen LogP contribution in [0.15, 0.2) is 24.3 Å². The number of anilines is 1. The Balaban J connectivity index is 2.91. The Morgan fingerprint density at radius 2 is 2.00 bits per heavy atom. The van der Waals surface area contributed by atoms with Crippen LogP contribution in [0, 0.1) is 0 Å². The number of esters is 1. The first-order valence-electron chi connectivity index (χ1n) is 6.72. The Labute approximate surface area is 123 Å². The van der Waals surface area contributed by atoms with Gasteiger partial charge in [-0.1, -0.05) is 13.0 Å². The molecule has 0 bridgehead atoms. The Bertz CT molecular complexity index is 527. The predicted molar refractivity (Wildman–Crippen MR) is 77.3 cm³/mol. The fourth-order valence-electron chi connectivity index (χ4n) is 1.75. The van der Waals surface area contributed by atoms with E-state index in [0.717, 1.165) is 6.42 Å². The van der Waals surface area contributed by atoms with Gasteiger partial charge in [0.25, 0.3) is 0 Å². The van der Waals surface area contributed by atoms with E-state index >= 15 is 0 Å². The zero-order valence-electron chi connectivity index (χ0n) is 12.2. The van der Waals surface area contributed by atoms with Crippen molar-refractivity contribution in [1.82, 2.24) is 0 Å². The van der Waals surface area contributed by atoms with Crippen LogP contribution < -0.4 is 4.90 Å². The van der Waals surface area contributed by atoms with Crippen molar-refractivity contribution in [3.8, 4) is 0 Å². The highest BCUT2D eigenvalue weighted by atomic mass is 16.5. The molecule has 1 rings (SSSR count). The summed E-state index contributed by atoms with van der Waals surface area (Å²) in [6, 6.07) is 6.41. The number of nitrogens with zero attached hydrogens (tertiary/aromatic N) is 1. The van der Waals surface area contributed by atoms with E-state index < -0.39 is 11.9 Å². The highest BCUT2D eigenvalue weighted by molar-refractivity contribution is 5.95. The number of benzene rings is 1. The van der Waals surface area contributed by atoms with Crippen molar-refractivity contribution in [2.45, 2.75) is 26.7 Å². The summed E-state index contributed by atoms with van der Waals surface area (Å²) in [6.45, 7) is 3.63. The number of ether oxygens (including phenoxy) is 1. The van der Waals surface area contributed by atoms with Gasteiger partial charge < -0.3 is 14.7 Å². The first-order valence-corrected chi connectivity index (χ1v) is 6.72. The quantitative estimate of drug-likeness (QED) is 0.778. The van der Waals surface area contributed by atoms with E-state index in [1.54, 1.807) is 18.2 Å². The number of hydrogen-bond acceptors (Lipinski definition) is 4. The number of amides is 1. The molecule has 0 saturated carbocycles. The number of carbonyl (C=O) groups is 3. The molecule has 21 heavy (non-hydrogen) atoms. The van der Waals surface area contributed by atoms with Gasteiger partial charge in [-0.3, -0.25) is 9.59 Å². The SMILES string of the molecule is CCCOC(=O)c1cccc(N(CCC(=O)O)C(C)=O)c1. The fourth-order valence-corrected chi connectivity index (χ4v) is 1.75. The molecule has 1 aromatic rings. The maximum absolute atomic E-state index is 11.8. The van der Waals surface area contributed by atoms with Gasteiger partial charge in [-0.15, -0.1) is 0 Å². The molecule has 0 atom stereocenters. The summed E-state index contributed by atoms with van der Waals surface area (Å²) in [5.74, 6) is -1.73. The molecule has 0 saturated heterocycles. The van der Waals surface area contributed by atoms with Crippen LogP contribution in [0.3, 0.4) is 0 Å². The lowest BCUT2D eigenvalue weighted by atomic mass is 10.2. The van der Waals surface area contributed by atoms with Crippen LogP contribution in [0.4, 0.5) is 5.69 Å². The molecule has 1 N–H and O–H groups in total. The summed E-state index contributed by atoms with van der Waals surface area (Å²) in [7, 11) is 0. The van der Waals surface area contributed by atoms with Crippen LogP contribution in [0.2, 0.25) is 0 Å². The van der Waals surface area contributed by atoms with Crippen LogP contribution in [-0.2, 0) is 14.3 Å². The monoisotopic (exact) mass is 293 g/mol. The Hall–Kier alpha value is -2.37. The van der Waals surface area contributed by atoms with E-state index in [0.29, 0.717) is 17.9 Å². The smallest absolute Gasteiger partial charge is 0.338 e. The number of carboxylic acid groups (broad SMARTS) is 1. The third kappa shape index (κ3) is 5.25. The molecule has 0 aliphatic carbocycles. The third-order valence-electron chi connectivity index (χ3n) is 2.76. The minimum Gasteiger partial charge on any atom is -0.481 e. The van der Waals surface area contributed by atoms with Gasteiger partial charge in [0.15, 0.2) is 0 Å². The van der Waals surface area contributed by atoms with Crippen LogP contribution in [0.5, 0.6) is 0 Å². The molecule has 1 amide bonds. The predicted octanol–water partition coefficient (Wildman–Crippen LogP) is 2.08. The van der Waals surface area contributed by atoms with Crippen molar-refractivity contribution >= 4 is 23.5 Å². The normalized spacial score (nSPS) is 10.0. The number of rotatable bonds is 7. The summed E-state index contributed by atoms with van der Waals surface area (Å²) in [6.07, 6.45) is 0.563. The molecule has 0 unspecified atom stereocenters. The molecule has 6 heteroatoms. The first kappa shape index (κ1) is 16.7. The lowest BCUT2D eigenvalue weighted by Crippen LogP contribution is -2.31. The Morgan fingerprint density at radius 1 is 1.29 bits per heavy atom. The molecule has 6 nitrogen and oxygen atoms in total. The molecule has 0 fully saturated rings. The standard InChI is InChI=1S/C15H19NO5/c1-3-9-21-15(20)12-5-4-6-13(10-12)16(11(2)17)8-7-14(18)19/h4-6,10H,3,7-9H2,1-2H3,(H,18,19). The van der Waals surface area contributed by atoms with Gasteiger partial charge in [-0.05, 0) is 24.6 Å². The van der Waals surface area contributed by atoms with E-state index in [1.165, 1.54) is 17.9 Å². The van der Waals surface area contributed by atoms with Crippen molar-refractivity contribution in [2.24, 2.45) is 0 Å². The highest BCUT2D eigenvalue weighted by Gasteiger charge is 2.15. The molecule has 0 spiro atoms. The summed E-state index contributed by atoms with van der Waals surface area (Å²) in [5.41, 5.74) is 0.817. The maximum Gasteiger partial charge on any atom is 0.338 e. The van der Waals surface area contributed by atoms with Crippen molar-refractivity contribution < 1.29 is 24.2 Å². The Morgan fingerprint density at radius 3 is 2.57 bits per heavy atom.